The second kappa shape index (κ2) is 10.4. The van der Waals surface area contributed by atoms with Crippen LogP contribution < -0.4 is 10.6 Å². The minimum Gasteiger partial charge on any atom is -0.444 e. The lowest BCUT2D eigenvalue weighted by molar-refractivity contribution is 0.0113. The van der Waals surface area contributed by atoms with Crippen molar-refractivity contribution in [1.29, 1.82) is 0 Å². The second-order valence-electron chi connectivity index (χ2n) is 11.9. The highest BCUT2D eigenvalue weighted by Crippen LogP contribution is 2.49. The van der Waals surface area contributed by atoms with E-state index in [-0.39, 0.29) is 23.3 Å². The molecule has 11 heteroatoms. The summed E-state index contributed by atoms with van der Waals surface area (Å²) in [6.45, 7) is 6.90. The van der Waals surface area contributed by atoms with Gasteiger partial charge in [-0.1, -0.05) is 12.2 Å². The number of nitrogens with one attached hydrogen (secondary N) is 2. The molecule has 2 N–H and O–H groups in total. The second-order valence-corrected chi connectivity index (χ2v) is 13.9. The molecule has 2 amide bonds. The van der Waals surface area contributed by atoms with E-state index in [1.54, 1.807) is 51.6 Å². The maximum atomic E-state index is 13.3. The van der Waals surface area contributed by atoms with Crippen LogP contribution >= 0.6 is 0 Å². The zero-order valence-electron chi connectivity index (χ0n) is 22.7. The predicted molar refractivity (Wildman–Crippen MR) is 147 cm³/mol. The maximum Gasteiger partial charge on any atom is 0.407 e. The van der Waals surface area contributed by atoms with Gasteiger partial charge < -0.3 is 19.8 Å². The topological polar surface area (TPSA) is 122 Å². The van der Waals surface area contributed by atoms with Crippen molar-refractivity contribution in [2.45, 2.75) is 64.5 Å². The Morgan fingerprint density at radius 3 is 2.59 bits per heavy atom. The number of piperidine rings is 1. The quantitative estimate of drug-likeness (QED) is 0.562. The Morgan fingerprint density at radius 1 is 1.18 bits per heavy atom. The number of ether oxygens (including phenoxy) is 1. The smallest absolute Gasteiger partial charge is 0.407 e. The number of carbonyl (C=O) groups excluding carboxylic acids is 2. The van der Waals surface area contributed by atoms with Crippen LogP contribution in [0.1, 0.15) is 63.2 Å². The third kappa shape index (κ3) is 6.19. The summed E-state index contributed by atoms with van der Waals surface area (Å²) >= 11 is 0. The molecule has 2 aromatic heterocycles. The molecule has 1 unspecified atom stereocenters. The highest BCUT2D eigenvalue weighted by atomic mass is 32.2. The van der Waals surface area contributed by atoms with E-state index in [9.17, 15) is 18.0 Å². The summed E-state index contributed by atoms with van der Waals surface area (Å²) < 4.78 is 35.3. The normalized spacial score (nSPS) is 21.8. The fourth-order valence-electron chi connectivity index (χ4n) is 5.69. The van der Waals surface area contributed by atoms with Crippen molar-refractivity contribution in [2.24, 2.45) is 11.3 Å². The molecule has 3 aliphatic rings. The van der Waals surface area contributed by atoms with Crippen LogP contribution in [0.2, 0.25) is 0 Å². The van der Waals surface area contributed by atoms with Crippen molar-refractivity contribution in [3.05, 3.63) is 59.4 Å². The molecule has 10 nitrogen and oxygen atoms in total. The van der Waals surface area contributed by atoms with Crippen molar-refractivity contribution >= 4 is 27.7 Å². The Balaban J connectivity index is 1.07. The number of allylic oxidation sites excluding steroid dienone is 2. The molecule has 0 radical (unpaired) electrons. The van der Waals surface area contributed by atoms with E-state index in [1.165, 1.54) is 0 Å². The van der Waals surface area contributed by atoms with Gasteiger partial charge in [0.2, 0.25) is 10.0 Å². The number of hydrogen-bond donors (Lipinski definition) is 2. The highest BCUT2D eigenvalue weighted by Gasteiger charge is 2.48. The summed E-state index contributed by atoms with van der Waals surface area (Å²) in [5, 5.41) is 5.88. The summed E-state index contributed by atoms with van der Waals surface area (Å²) in [5.41, 5.74) is 0.878. The van der Waals surface area contributed by atoms with Gasteiger partial charge in [-0.15, -0.1) is 0 Å². The Labute approximate surface area is 229 Å². The van der Waals surface area contributed by atoms with Crippen molar-refractivity contribution in [3.8, 4) is 0 Å². The first-order chi connectivity index (χ1) is 18.4. The number of sulfonamides is 1. The lowest BCUT2D eigenvalue weighted by atomic mass is 9.60. The fraction of sp³-hybridized carbons (Fsp3) is 0.536. The van der Waals surface area contributed by atoms with Crippen molar-refractivity contribution in [3.63, 3.8) is 0 Å². The van der Waals surface area contributed by atoms with Crippen LogP contribution in [0.3, 0.4) is 0 Å². The van der Waals surface area contributed by atoms with Crippen LogP contribution in [0.15, 0.2) is 53.9 Å². The van der Waals surface area contributed by atoms with Gasteiger partial charge in [-0.25, -0.2) is 18.2 Å². The Bertz CT molecular complexity index is 1410. The first-order valence-corrected chi connectivity index (χ1v) is 15.0. The van der Waals surface area contributed by atoms with Crippen LogP contribution in [-0.2, 0) is 14.8 Å². The molecule has 210 valence electrons. The number of aromatic nitrogens is 2. The first-order valence-electron chi connectivity index (χ1n) is 13.5. The van der Waals surface area contributed by atoms with Gasteiger partial charge in [-0.2, -0.15) is 4.31 Å². The number of hydrogen-bond acceptors (Lipinski definition) is 6. The zero-order valence-corrected chi connectivity index (χ0v) is 23.5. The number of pyridine rings is 1. The van der Waals surface area contributed by atoms with E-state index < -0.39 is 21.7 Å². The van der Waals surface area contributed by atoms with Crippen LogP contribution in [0.25, 0.3) is 5.65 Å². The third-order valence-electron chi connectivity index (χ3n) is 7.83. The van der Waals surface area contributed by atoms with Gasteiger partial charge >= 0.3 is 6.09 Å². The Hall–Kier alpha value is -3.18. The summed E-state index contributed by atoms with van der Waals surface area (Å²) in [6, 6.07) is 3.61. The molecule has 1 atom stereocenters. The van der Waals surface area contributed by atoms with Crippen LogP contribution in [0.4, 0.5) is 4.79 Å². The number of fused-ring (bicyclic) bond motifs is 1. The molecule has 39 heavy (non-hydrogen) atoms. The zero-order chi connectivity index (χ0) is 27.8. The molecule has 1 saturated heterocycles. The van der Waals surface area contributed by atoms with Crippen LogP contribution in [-0.4, -0.2) is 65.4 Å². The molecule has 3 heterocycles. The van der Waals surface area contributed by atoms with Gasteiger partial charge in [0.05, 0.1) is 10.5 Å². The fourth-order valence-corrected chi connectivity index (χ4v) is 7.21. The molecule has 5 rings (SSSR count). The minimum absolute atomic E-state index is 0.0267. The van der Waals surface area contributed by atoms with Gasteiger partial charge in [0.15, 0.2) is 0 Å². The van der Waals surface area contributed by atoms with E-state index in [0.29, 0.717) is 36.5 Å². The molecule has 2 aromatic rings. The SMILES string of the molecule is CC(C)(C)OC(=O)NC1CC2(CCN(S(=O)(=O)C3=CCC(CNC(=O)c4ccc5nccn5c4)C=C3)CC2)C1. The number of carbonyl (C=O) groups is 2. The van der Waals surface area contributed by atoms with Crippen molar-refractivity contribution in [2.75, 3.05) is 19.6 Å². The number of nitrogens with zero attached hydrogens (tertiary/aromatic N) is 3. The highest BCUT2D eigenvalue weighted by molar-refractivity contribution is 7.93. The molecular formula is C28H37N5O5S. The van der Waals surface area contributed by atoms with E-state index in [4.69, 9.17) is 4.74 Å². The Morgan fingerprint density at radius 2 is 1.92 bits per heavy atom. The minimum atomic E-state index is -3.56. The van der Waals surface area contributed by atoms with E-state index >= 15 is 0 Å². The molecule has 1 aliphatic heterocycles. The summed E-state index contributed by atoms with van der Waals surface area (Å²) in [5.74, 6) is -0.151. The first kappa shape index (κ1) is 27.4. The summed E-state index contributed by atoms with van der Waals surface area (Å²) in [7, 11) is -3.56. The molecular weight excluding hydrogens is 518 g/mol. The number of amides is 2. The summed E-state index contributed by atoms with van der Waals surface area (Å²) in [6.07, 6.45) is 13.9. The van der Waals surface area contributed by atoms with Gasteiger partial charge in [0.1, 0.15) is 11.2 Å². The van der Waals surface area contributed by atoms with Gasteiger partial charge in [0.25, 0.3) is 5.91 Å². The van der Waals surface area contributed by atoms with Gasteiger partial charge in [-0.3, -0.25) is 4.79 Å². The van der Waals surface area contributed by atoms with Crippen molar-refractivity contribution < 1.29 is 22.7 Å². The lowest BCUT2D eigenvalue weighted by Crippen LogP contribution is -2.56. The Kier molecular flexibility index (Phi) is 7.32. The molecule has 1 saturated carbocycles. The molecule has 1 spiro atoms. The van der Waals surface area contributed by atoms with Crippen LogP contribution in [0.5, 0.6) is 0 Å². The number of imidazole rings is 1. The molecule has 2 fully saturated rings. The number of alkyl carbamates (subject to hydrolysis) is 1. The van der Waals surface area contributed by atoms with Gasteiger partial charge in [0, 0.05) is 44.3 Å². The van der Waals surface area contributed by atoms with E-state index in [0.717, 1.165) is 31.3 Å². The molecule has 0 aromatic carbocycles. The lowest BCUT2D eigenvalue weighted by Gasteiger charge is -2.52. The average molecular weight is 556 g/mol. The van der Waals surface area contributed by atoms with E-state index in [2.05, 4.69) is 15.6 Å². The standard InChI is InChI=1S/C28H37N5O5S/c1-27(2,3)38-26(35)31-22-16-28(17-22)10-13-33(14-11-28)39(36,37)23-7-4-20(5-8-23)18-30-25(34)21-6-9-24-29-12-15-32(24)19-21/h4,6-9,12,15,19-20,22H,5,10-11,13-14,16-18H2,1-3H3,(H,30,34)(H,31,35). The molecule has 2 aliphatic carbocycles. The van der Waals surface area contributed by atoms with Crippen molar-refractivity contribution in [1.82, 2.24) is 24.3 Å². The largest absolute Gasteiger partial charge is 0.444 e. The predicted octanol–water partition coefficient (Wildman–Crippen LogP) is 3.62. The maximum absolute atomic E-state index is 13.3. The number of rotatable bonds is 6. The average Bonchev–Trinajstić information content (AvgIpc) is 3.34. The van der Waals surface area contributed by atoms with E-state index in [1.807, 2.05) is 26.8 Å². The van der Waals surface area contributed by atoms with Gasteiger partial charge in [-0.05, 0) is 82.4 Å². The van der Waals surface area contributed by atoms with Crippen LogP contribution in [0, 0.1) is 11.3 Å². The summed E-state index contributed by atoms with van der Waals surface area (Å²) in [4.78, 5) is 29.1. The molecule has 0 bridgehead atoms. The monoisotopic (exact) mass is 555 g/mol. The third-order valence-corrected chi connectivity index (χ3v) is 9.77.